The van der Waals surface area contributed by atoms with Gasteiger partial charge in [-0.1, -0.05) is 18.2 Å². The van der Waals surface area contributed by atoms with Crippen molar-refractivity contribution in [2.75, 3.05) is 13.4 Å². The van der Waals surface area contributed by atoms with Crippen molar-refractivity contribution in [2.24, 2.45) is 0 Å². The number of hydrogen-bond donors (Lipinski definition) is 1. The Balaban J connectivity index is 1.63. The van der Waals surface area contributed by atoms with Crippen LogP contribution in [0.5, 0.6) is 17.2 Å². The van der Waals surface area contributed by atoms with Crippen LogP contribution in [0, 0.1) is 0 Å². The summed E-state index contributed by atoms with van der Waals surface area (Å²) in [5, 5.41) is 0. The molecule has 1 unspecified atom stereocenters. The van der Waals surface area contributed by atoms with E-state index in [0.717, 1.165) is 11.3 Å². The molecule has 0 saturated carbocycles. The average Bonchev–Trinajstić information content (AvgIpc) is 3.02. The SMILES string of the molecule is O=S(=O)(NC1CCOc2ccccc21)c1ccc2c(c1)OCO2. The van der Waals surface area contributed by atoms with Crippen molar-refractivity contribution < 1.29 is 22.6 Å². The molecule has 0 spiro atoms. The zero-order chi connectivity index (χ0) is 15.9. The molecule has 0 fully saturated rings. The number of sulfonamides is 1. The number of ether oxygens (including phenoxy) is 3. The molecular weight excluding hydrogens is 318 g/mol. The van der Waals surface area contributed by atoms with Crippen molar-refractivity contribution in [3.8, 4) is 17.2 Å². The van der Waals surface area contributed by atoms with E-state index in [1.54, 1.807) is 6.07 Å². The van der Waals surface area contributed by atoms with Gasteiger partial charge in [0.15, 0.2) is 11.5 Å². The van der Waals surface area contributed by atoms with Crippen molar-refractivity contribution in [3.05, 3.63) is 48.0 Å². The summed E-state index contributed by atoms with van der Waals surface area (Å²) in [6, 6.07) is 11.8. The fourth-order valence-electron chi connectivity index (χ4n) is 2.76. The third-order valence-corrected chi connectivity index (χ3v) is 5.38. The maximum atomic E-state index is 12.7. The normalized spacial score (nSPS) is 19.0. The minimum absolute atomic E-state index is 0.111. The van der Waals surface area contributed by atoms with Crippen LogP contribution in [-0.2, 0) is 10.0 Å². The van der Waals surface area contributed by atoms with Gasteiger partial charge in [0, 0.05) is 18.1 Å². The lowest BCUT2D eigenvalue weighted by molar-refractivity contribution is 0.174. The molecule has 0 radical (unpaired) electrons. The van der Waals surface area contributed by atoms with Crippen LogP contribution in [0.2, 0.25) is 0 Å². The van der Waals surface area contributed by atoms with Gasteiger partial charge in [-0.25, -0.2) is 13.1 Å². The smallest absolute Gasteiger partial charge is 0.241 e. The van der Waals surface area contributed by atoms with E-state index in [2.05, 4.69) is 4.72 Å². The van der Waals surface area contributed by atoms with E-state index in [1.165, 1.54) is 12.1 Å². The highest BCUT2D eigenvalue weighted by Gasteiger charge is 2.27. The molecule has 1 N–H and O–H groups in total. The summed E-state index contributed by atoms with van der Waals surface area (Å²) < 4.78 is 44.1. The van der Waals surface area contributed by atoms with Gasteiger partial charge in [0.25, 0.3) is 0 Å². The Morgan fingerprint density at radius 2 is 1.78 bits per heavy atom. The molecule has 2 aliphatic rings. The Labute approximate surface area is 134 Å². The molecule has 0 amide bonds. The van der Waals surface area contributed by atoms with Crippen LogP contribution in [0.4, 0.5) is 0 Å². The van der Waals surface area contributed by atoms with Crippen molar-refractivity contribution in [1.29, 1.82) is 0 Å². The lowest BCUT2D eigenvalue weighted by atomic mass is 10.0. The predicted molar refractivity (Wildman–Crippen MR) is 82.2 cm³/mol. The first-order chi connectivity index (χ1) is 11.1. The van der Waals surface area contributed by atoms with Gasteiger partial charge in [0.2, 0.25) is 16.8 Å². The predicted octanol–water partition coefficient (Wildman–Crippen LogP) is 2.22. The summed E-state index contributed by atoms with van der Waals surface area (Å²) in [5.74, 6) is 1.72. The molecule has 0 bridgehead atoms. The Hall–Kier alpha value is -2.25. The molecule has 0 aromatic heterocycles. The maximum absolute atomic E-state index is 12.7. The van der Waals surface area contributed by atoms with Crippen molar-refractivity contribution in [3.63, 3.8) is 0 Å². The van der Waals surface area contributed by atoms with Gasteiger partial charge in [0.1, 0.15) is 5.75 Å². The summed E-state index contributed by atoms with van der Waals surface area (Å²) in [6.45, 7) is 0.588. The fourth-order valence-corrected chi connectivity index (χ4v) is 4.03. The molecule has 4 rings (SSSR count). The molecule has 6 nitrogen and oxygen atoms in total. The summed E-state index contributed by atoms with van der Waals surface area (Å²) in [4.78, 5) is 0.158. The number of nitrogens with one attached hydrogen (secondary N) is 1. The van der Waals surface area contributed by atoms with Crippen LogP contribution in [-0.4, -0.2) is 21.8 Å². The number of para-hydroxylation sites is 1. The van der Waals surface area contributed by atoms with Crippen molar-refractivity contribution in [2.45, 2.75) is 17.4 Å². The van der Waals surface area contributed by atoms with E-state index in [1.807, 2.05) is 24.3 Å². The van der Waals surface area contributed by atoms with Crippen molar-refractivity contribution in [1.82, 2.24) is 4.72 Å². The largest absolute Gasteiger partial charge is 0.493 e. The molecule has 2 heterocycles. The quantitative estimate of drug-likeness (QED) is 0.932. The van der Waals surface area contributed by atoms with Gasteiger partial charge in [-0.15, -0.1) is 0 Å². The monoisotopic (exact) mass is 333 g/mol. The van der Waals surface area contributed by atoms with Crippen LogP contribution < -0.4 is 18.9 Å². The summed E-state index contributed by atoms with van der Waals surface area (Å²) >= 11 is 0. The molecule has 0 saturated heterocycles. The van der Waals surface area contributed by atoms with E-state index in [4.69, 9.17) is 14.2 Å². The van der Waals surface area contributed by atoms with Crippen molar-refractivity contribution >= 4 is 10.0 Å². The maximum Gasteiger partial charge on any atom is 0.241 e. The van der Waals surface area contributed by atoms with Gasteiger partial charge >= 0.3 is 0 Å². The van der Waals surface area contributed by atoms with E-state index >= 15 is 0 Å². The second-order valence-corrected chi connectivity index (χ2v) is 7.08. The zero-order valence-electron chi connectivity index (χ0n) is 12.2. The van der Waals surface area contributed by atoms with Crippen LogP contribution in [0.15, 0.2) is 47.4 Å². The number of rotatable bonds is 3. The highest BCUT2D eigenvalue weighted by atomic mass is 32.2. The lowest BCUT2D eigenvalue weighted by Crippen LogP contribution is -2.32. The third-order valence-electron chi connectivity index (χ3n) is 3.91. The molecule has 120 valence electrons. The topological polar surface area (TPSA) is 73.9 Å². The van der Waals surface area contributed by atoms with Gasteiger partial charge in [-0.2, -0.15) is 0 Å². The first-order valence-corrected chi connectivity index (χ1v) is 8.75. The average molecular weight is 333 g/mol. The van der Waals surface area contributed by atoms with E-state index < -0.39 is 10.0 Å². The Morgan fingerprint density at radius 1 is 0.957 bits per heavy atom. The molecule has 2 aromatic rings. The van der Waals surface area contributed by atoms with Crippen LogP contribution in [0.3, 0.4) is 0 Å². The Bertz CT molecular complexity index is 849. The van der Waals surface area contributed by atoms with E-state index in [0.29, 0.717) is 24.5 Å². The number of fused-ring (bicyclic) bond motifs is 2. The first kappa shape index (κ1) is 14.3. The summed E-state index contributed by atoms with van der Waals surface area (Å²) in [6.07, 6.45) is 0.584. The minimum atomic E-state index is -3.67. The second kappa shape index (κ2) is 5.43. The molecule has 2 aromatic carbocycles. The second-order valence-electron chi connectivity index (χ2n) is 5.36. The van der Waals surface area contributed by atoms with Crippen LogP contribution in [0.1, 0.15) is 18.0 Å². The molecule has 23 heavy (non-hydrogen) atoms. The molecule has 2 aliphatic heterocycles. The lowest BCUT2D eigenvalue weighted by Gasteiger charge is -2.26. The van der Waals surface area contributed by atoms with Crippen LogP contribution >= 0.6 is 0 Å². The fraction of sp³-hybridized carbons (Fsp3) is 0.250. The van der Waals surface area contributed by atoms with Gasteiger partial charge < -0.3 is 14.2 Å². The van der Waals surface area contributed by atoms with E-state index in [-0.39, 0.29) is 17.7 Å². The molecular formula is C16H15NO5S. The van der Waals surface area contributed by atoms with Gasteiger partial charge in [-0.05, 0) is 18.2 Å². The number of benzene rings is 2. The van der Waals surface area contributed by atoms with Crippen LogP contribution in [0.25, 0.3) is 0 Å². The Morgan fingerprint density at radius 3 is 2.70 bits per heavy atom. The highest BCUT2D eigenvalue weighted by Crippen LogP contribution is 2.36. The number of hydrogen-bond acceptors (Lipinski definition) is 5. The molecule has 7 heteroatoms. The Kier molecular flexibility index (Phi) is 3.39. The van der Waals surface area contributed by atoms with Gasteiger partial charge in [-0.3, -0.25) is 0 Å². The zero-order valence-corrected chi connectivity index (χ0v) is 13.0. The van der Waals surface area contributed by atoms with E-state index in [9.17, 15) is 8.42 Å². The summed E-state index contributed by atoms with van der Waals surface area (Å²) in [5.41, 5.74) is 0.850. The first-order valence-electron chi connectivity index (χ1n) is 7.27. The molecule has 0 aliphatic carbocycles. The highest BCUT2D eigenvalue weighted by molar-refractivity contribution is 7.89. The van der Waals surface area contributed by atoms with Gasteiger partial charge in [0.05, 0.1) is 17.5 Å². The minimum Gasteiger partial charge on any atom is -0.493 e. The third kappa shape index (κ3) is 2.62. The molecule has 1 atom stereocenters. The summed E-state index contributed by atoms with van der Waals surface area (Å²) in [7, 11) is -3.67. The standard InChI is InChI=1S/C16H15NO5S/c18-23(19,11-5-6-15-16(9-11)22-10-21-15)17-13-7-8-20-14-4-2-1-3-12(13)14/h1-6,9,13,17H,7-8,10H2.